The number of benzene rings is 3. The van der Waals surface area contributed by atoms with Gasteiger partial charge in [0.2, 0.25) is 0 Å². The Morgan fingerprint density at radius 1 is 0.963 bits per heavy atom. The van der Waals surface area contributed by atoms with Crippen LogP contribution in [0, 0.1) is 0 Å². The van der Waals surface area contributed by atoms with Crippen LogP contribution in [-0.4, -0.2) is 19.1 Å². The fourth-order valence-electron chi connectivity index (χ4n) is 2.76. The summed E-state index contributed by atoms with van der Waals surface area (Å²) in [6, 6.07) is 25.3. The molecule has 0 saturated carbocycles. The molecular weight excluding hydrogens is 338 g/mol. The zero-order valence-electron chi connectivity index (χ0n) is 15.5. The molecule has 0 spiro atoms. The van der Waals surface area contributed by atoms with Crippen molar-refractivity contribution in [2.45, 2.75) is 19.6 Å². The van der Waals surface area contributed by atoms with E-state index in [1.165, 1.54) is 0 Å². The molecule has 0 fully saturated rings. The molecule has 138 valence electrons. The van der Waals surface area contributed by atoms with Crippen molar-refractivity contribution < 1.29 is 14.3 Å². The number of rotatable bonds is 7. The Labute approximate surface area is 159 Å². The van der Waals surface area contributed by atoms with Gasteiger partial charge in [-0.15, -0.1) is 0 Å². The highest BCUT2D eigenvalue weighted by Gasteiger charge is 2.15. The smallest absolute Gasteiger partial charge is 0.253 e. The summed E-state index contributed by atoms with van der Waals surface area (Å²) in [7, 11) is 1.63. The molecule has 0 aliphatic rings. The van der Waals surface area contributed by atoms with Crippen LogP contribution in [0.5, 0.6) is 5.75 Å². The fourth-order valence-corrected chi connectivity index (χ4v) is 2.76. The number of hydrogen-bond donors (Lipinski definition) is 1. The molecule has 0 aliphatic heterocycles. The van der Waals surface area contributed by atoms with E-state index in [9.17, 15) is 4.79 Å². The summed E-state index contributed by atoms with van der Waals surface area (Å²) >= 11 is 0. The minimum absolute atomic E-state index is 0.179. The van der Waals surface area contributed by atoms with Crippen molar-refractivity contribution in [1.82, 2.24) is 0 Å². The molecule has 4 nitrogen and oxygen atoms in total. The zero-order chi connectivity index (χ0) is 19.1. The van der Waals surface area contributed by atoms with Gasteiger partial charge in [-0.05, 0) is 36.2 Å². The van der Waals surface area contributed by atoms with Gasteiger partial charge in [-0.3, -0.25) is 4.79 Å². The average Bonchev–Trinajstić information content (AvgIpc) is 2.73. The number of para-hydroxylation sites is 1. The molecular formula is C23H23NO3. The van der Waals surface area contributed by atoms with Gasteiger partial charge in [-0.2, -0.15) is 0 Å². The minimum atomic E-state index is -0.583. The largest absolute Gasteiger partial charge is 0.497 e. The van der Waals surface area contributed by atoms with E-state index in [0.717, 1.165) is 28.1 Å². The second-order valence-corrected chi connectivity index (χ2v) is 6.21. The topological polar surface area (TPSA) is 47.6 Å². The summed E-state index contributed by atoms with van der Waals surface area (Å²) < 4.78 is 10.9. The van der Waals surface area contributed by atoms with E-state index in [0.29, 0.717) is 6.61 Å². The van der Waals surface area contributed by atoms with Gasteiger partial charge < -0.3 is 14.8 Å². The number of anilines is 1. The number of amides is 1. The molecule has 0 radical (unpaired) electrons. The Hall–Kier alpha value is -3.11. The van der Waals surface area contributed by atoms with Gasteiger partial charge in [0, 0.05) is 11.3 Å². The summed E-state index contributed by atoms with van der Waals surface area (Å²) in [4.78, 5) is 12.6. The van der Waals surface area contributed by atoms with Gasteiger partial charge in [0.1, 0.15) is 11.9 Å². The number of nitrogens with one attached hydrogen (secondary N) is 1. The molecule has 3 aromatic rings. The number of hydrogen-bond acceptors (Lipinski definition) is 3. The van der Waals surface area contributed by atoms with Gasteiger partial charge in [0.25, 0.3) is 5.91 Å². The summed E-state index contributed by atoms with van der Waals surface area (Å²) in [6.07, 6.45) is -0.583. The molecule has 0 saturated heterocycles. The van der Waals surface area contributed by atoms with Crippen LogP contribution in [0.3, 0.4) is 0 Å². The average molecular weight is 361 g/mol. The highest BCUT2D eigenvalue weighted by molar-refractivity contribution is 5.97. The van der Waals surface area contributed by atoms with Crippen LogP contribution in [0.1, 0.15) is 12.5 Å². The van der Waals surface area contributed by atoms with Crippen molar-refractivity contribution >= 4 is 11.6 Å². The van der Waals surface area contributed by atoms with Crippen LogP contribution in [-0.2, 0) is 16.1 Å². The summed E-state index contributed by atoms with van der Waals surface area (Å²) in [5.74, 6) is 0.589. The van der Waals surface area contributed by atoms with Crippen molar-refractivity contribution in [3.63, 3.8) is 0 Å². The number of methoxy groups -OCH3 is 1. The lowest BCUT2D eigenvalue weighted by Gasteiger charge is -2.16. The van der Waals surface area contributed by atoms with E-state index in [-0.39, 0.29) is 5.91 Å². The summed E-state index contributed by atoms with van der Waals surface area (Å²) in [5, 5.41) is 2.98. The van der Waals surface area contributed by atoms with Crippen LogP contribution >= 0.6 is 0 Å². The molecule has 0 bridgehead atoms. The molecule has 4 heteroatoms. The first-order valence-corrected chi connectivity index (χ1v) is 8.87. The van der Waals surface area contributed by atoms with Crippen LogP contribution in [0.15, 0.2) is 78.9 Å². The first kappa shape index (κ1) is 18.7. The third-order valence-corrected chi connectivity index (χ3v) is 4.27. The normalized spacial score (nSPS) is 11.6. The van der Waals surface area contributed by atoms with Crippen LogP contribution in [0.25, 0.3) is 11.1 Å². The Morgan fingerprint density at radius 3 is 2.48 bits per heavy atom. The molecule has 3 aromatic carbocycles. The molecule has 0 aliphatic carbocycles. The van der Waals surface area contributed by atoms with Crippen LogP contribution in [0.2, 0.25) is 0 Å². The number of carbonyl (C=O) groups is 1. The van der Waals surface area contributed by atoms with E-state index in [1.807, 2.05) is 78.9 Å². The summed E-state index contributed by atoms with van der Waals surface area (Å²) in [5.41, 5.74) is 3.76. The van der Waals surface area contributed by atoms with E-state index >= 15 is 0 Å². The standard InChI is InChI=1S/C23H23NO3/c1-17(27-16-18-9-8-12-20(15-18)26-2)23(25)24-22-14-7-6-13-21(22)19-10-4-3-5-11-19/h3-15,17H,16H2,1-2H3,(H,24,25). The lowest BCUT2D eigenvalue weighted by molar-refractivity contribution is -0.127. The third-order valence-electron chi connectivity index (χ3n) is 4.27. The van der Waals surface area contributed by atoms with Gasteiger partial charge >= 0.3 is 0 Å². The monoisotopic (exact) mass is 361 g/mol. The highest BCUT2D eigenvalue weighted by Crippen LogP contribution is 2.27. The number of carbonyl (C=O) groups excluding carboxylic acids is 1. The van der Waals surface area contributed by atoms with Crippen molar-refractivity contribution in [3.8, 4) is 16.9 Å². The van der Waals surface area contributed by atoms with E-state index in [4.69, 9.17) is 9.47 Å². The molecule has 3 rings (SSSR count). The van der Waals surface area contributed by atoms with Crippen molar-refractivity contribution in [2.24, 2.45) is 0 Å². The van der Waals surface area contributed by atoms with Gasteiger partial charge in [0.15, 0.2) is 0 Å². The van der Waals surface area contributed by atoms with E-state index < -0.39 is 6.10 Å². The lowest BCUT2D eigenvalue weighted by Crippen LogP contribution is -2.27. The van der Waals surface area contributed by atoms with Crippen molar-refractivity contribution in [3.05, 3.63) is 84.4 Å². The van der Waals surface area contributed by atoms with Crippen molar-refractivity contribution in [1.29, 1.82) is 0 Å². The van der Waals surface area contributed by atoms with E-state index in [2.05, 4.69) is 5.32 Å². The first-order valence-electron chi connectivity index (χ1n) is 8.87. The first-order chi connectivity index (χ1) is 13.2. The molecule has 0 heterocycles. The Bertz CT molecular complexity index is 893. The van der Waals surface area contributed by atoms with Gasteiger partial charge in [-0.25, -0.2) is 0 Å². The predicted octanol–water partition coefficient (Wildman–Crippen LogP) is 4.91. The van der Waals surface area contributed by atoms with Gasteiger partial charge in [-0.1, -0.05) is 60.7 Å². The SMILES string of the molecule is COc1cccc(COC(C)C(=O)Nc2ccccc2-c2ccccc2)c1. The number of ether oxygens (including phenoxy) is 2. The maximum atomic E-state index is 12.6. The Kier molecular flexibility index (Phi) is 6.23. The minimum Gasteiger partial charge on any atom is -0.497 e. The summed E-state index contributed by atoms with van der Waals surface area (Å²) in [6.45, 7) is 2.09. The fraction of sp³-hybridized carbons (Fsp3) is 0.174. The van der Waals surface area contributed by atoms with E-state index in [1.54, 1.807) is 14.0 Å². The predicted molar refractivity (Wildman–Crippen MR) is 108 cm³/mol. The lowest BCUT2D eigenvalue weighted by atomic mass is 10.0. The molecule has 0 aromatic heterocycles. The van der Waals surface area contributed by atoms with Crippen LogP contribution in [0.4, 0.5) is 5.69 Å². The molecule has 1 N–H and O–H groups in total. The van der Waals surface area contributed by atoms with Crippen LogP contribution < -0.4 is 10.1 Å². The highest BCUT2D eigenvalue weighted by atomic mass is 16.5. The Balaban J connectivity index is 1.65. The molecule has 1 unspecified atom stereocenters. The third kappa shape index (κ3) is 4.96. The van der Waals surface area contributed by atoms with Crippen molar-refractivity contribution in [2.75, 3.05) is 12.4 Å². The van der Waals surface area contributed by atoms with Gasteiger partial charge in [0.05, 0.1) is 13.7 Å². The maximum absolute atomic E-state index is 12.6. The second kappa shape index (κ2) is 9.01. The quantitative estimate of drug-likeness (QED) is 0.651. The second-order valence-electron chi connectivity index (χ2n) is 6.21. The maximum Gasteiger partial charge on any atom is 0.253 e. The molecule has 1 atom stereocenters. The molecule has 1 amide bonds. The Morgan fingerprint density at radius 2 is 1.70 bits per heavy atom. The zero-order valence-corrected chi connectivity index (χ0v) is 15.5. The molecule has 27 heavy (non-hydrogen) atoms.